The van der Waals surface area contributed by atoms with Gasteiger partial charge in [0.05, 0.1) is 17.7 Å². The summed E-state index contributed by atoms with van der Waals surface area (Å²) in [5.74, 6) is -1.13. The molecule has 0 aliphatic heterocycles. The van der Waals surface area contributed by atoms with E-state index in [1.165, 1.54) is 12.1 Å². The van der Waals surface area contributed by atoms with E-state index < -0.39 is 24.3 Å². The van der Waals surface area contributed by atoms with Crippen LogP contribution in [-0.4, -0.2) is 35.0 Å². The SMILES string of the molecule is CCO[C@@H](CC/C=C/C(=O)O)[C@@H](OC(=O)Nc1ccc(C#N)cc1)c1cc(Br)ccc1O. The summed E-state index contributed by atoms with van der Waals surface area (Å²) in [6, 6.07) is 13.0. The van der Waals surface area contributed by atoms with E-state index in [0.717, 1.165) is 6.08 Å². The predicted molar refractivity (Wildman–Crippen MR) is 121 cm³/mol. The fourth-order valence-corrected chi connectivity index (χ4v) is 3.34. The average Bonchev–Trinajstić information content (AvgIpc) is 2.76. The number of nitrogens with zero attached hydrogens (tertiary/aromatic N) is 1. The highest BCUT2D eigenvalue weighted by molar-refractivity contribution is 9.10. The van der Waals surface area contributed by atoms with Crippen molar-refractivity contribution in [3.63, 3.8) is 0 Å². The van der Waals surface area contributed by atoms with Gasteiger partial charge in [0.25, 0.3) is 0 Å². The first-order valence-corrected chi connectivity index (χ1v) is 10.6. The van der Waals surface area contributed by atoms with Gasteiger partial charge in [0.1, 0.15) is 5.75 Å². The molecule has 0 bridgehead atoms. The number of hydrogen-bond donors (Lipinski definition) is 3. The van der Waals surface area contributed by atoms with E-state index in [9.17, 15) is 14.7 Å². The Labute approximate surface area is 194 Å². The number of ether oxygens (including phenoxy) is 2. The van der Waals surface area contributed by atoms with Crippen LogP contribution in [0.15, 0.2) is 59.1 Å². The lowest BCUT2D eigenvalue weighted by Crippen LogP contribution is -2.29. The van der Waals surface area contributed by atoms with Gasteiger partial charge in [0, 0.05) is 28.4 Å². The van der Waals surface area contributed by atoms with E-state index in [1.54, 1.807) is 43.3 Å². The van der Waals surface area contributed by atoms with Gasteiger partial charge >= 0.3 is 12.1 Å². The van der Waals surface area contributed by atoms with Gasteiger partial charge in [-0.2, -0.15) is 5.26 Å². The van der Waals surface area contributed by atoms with Crippen molar-refractivity contribution in [2.24, 2.45) is 0 Å². The van der Waals surface area contributed by atoms with Gasteiger partial charge in [-0.3, -0.25) is 5.32 Å². The molecule has 0 aliphatic carbocycles. The molecule has 0 unspecified atom stereocenters. The topological polar surface area (TPSA) is 129 Å². The summed E-state index contributed by atoms with van der Waals surface area (Å²) >= 11 is 3.36. The number of nitrogens with one attached hydrogen (secondary N) is 1. The van der Waals surface area contributed by atoms with Crippen LogP contribution in [-0.2, 0) is 14.3 Å². The summed E-state index contributed by atoms with van der Waals surface area (Å²) in [7, 11) is 0. The number of carboxylic acid groups (broad SMARTS) is 1. The number of nitriles is 1. The molecule has 1 amide bonds. The number of anilines is 1. The van der Waals surface area contributed by atoms with Crippen molar-refractivity contribution in [1.82, 2.24) is 0 Å². The number of allylic oxidation sites excluding steroid dienone is 1. The van der Waals surface area contributed by atoms with E-state index in [0.29, 0.717) is 40.7 Å². The van der Waals surface area contributed by atoms with Crippen LogP contribution in [0.3, 0.4) is 0 Å². The van der Waals surface area contributed by atoms with Crippen LogP contribution in [0.5, 0.6) is 5.75 Å². The van der Waals surface area contributed by atoms with E-state index in [4.69, 9.17) is 19.8 Å². The third kappa shape index (κ3) is 7.72. The maximum Gasteiger partial charge on any atom is 0.412 e. The standard InChI is InChI=1S/C23H23BrN2O6/c1-2-31-20(5-3-4-6-21(28)29)22(18-13-16(24)9-12-19(18)27)32-23(30)26-17-10-7-15(14-25)8-11-17/h4,6-13,20,22,27H,2-3,5H2,1H3,(H,26,30)(H,28,29)/b6-4+/t20-,22-/m0/s1. The molecule has 2 aromatic carbocycles. The van der Waals surface area contributed by atoms with Crippen molar-refractivity contribution in [2.45, 2.75) is 32.0 Å². The number of phenolic OH excluding ortho intramolecular Hbond substituents is 1. The van der Waals surface area contributed by atoms with Gasteiger partial charge < -0.3 is 19.7 Å². The Morgan fingerprint density at radius 3 is 2.59 bits per heavy atom. The van der Waals surface area contributed by atoms with E-state index in [-0.39, 0.29) is 5.75 Å². The van der Waals surface area contributed by atoms with Crippen LogP contribution in [0.1, 0.15) is 37.0 Å². The number of aromatic hydroxyl groups is 1. The van der Waals surface area contributed by atoms with Crippen molar-refractivity contribution in [2.75, 3.05) is 11.9 Å². The second kappa shape index (κ2) is 12.5. The Balaban J connectivity index is 2.27. The van der Waals surface area contributed by atoms with Crippen LogP contribution in [0, 0.1) is 11.3 Å². The monoisotopic (exact) mass is 502 g/mol. The third-order valence-electron chi connectivity index (χ3n) is 4.39. The molecule has 32 heavy (non-hydrogen) atoms. The number of amides is 1. The summed E-state index contributed by atoms with van der Waals surface area (Å²) in [6.07, 6.45) is 0.844. The molecule has 0 aromatic heterocycles. The van der Waals surface area contributed by atoms with E-state index in [2.05, 4.69) is 21.2 Å². The number of halogens is 1. The van der Waals surface area contributed by atoms with Gasteiger partial charge in [-0.15, -0.1) is 0 Å². The highest BCUT2D eigenvalue weighted by Crippen LogP contribution is 2.35. The summed E-state index contributed by atoms with van der Waals surface area (Å²) < 4.78 is 12.1. The van der Waals surface area contributed by atoms with Crippen molar-refractivity contribution in [3.8, 4) is 11.8 Å². The minimum Gasteiger partial charge on any atom is -0.508 e. The predicted octanol–water partition coefficient (Wildman–Crippen LogP) is 5.14. The maximum absolute atomic E-state index is 12.6. The zero-order chi connectivity index (χ0) is 23.5. The molecule has 0 radical (unpaired) electrons. The first-order chi connectivity index (χ1) is 15.3. The molecule has 0 saturated heterocycles. The number of benzene rings is 2. The first kappa shape index (κ1) is 24.9. The first-order valence-electron chi connectivity index (χ1n) is 9.81. The number of aliphatic carboxylic acids is 1. The Morgan fingerprint density at radius 2 is 1.97 bits per heavy atom. The summed E-state index contributed by atoms with van der Waals surface area (Å²) in [5, 5.41) is 30.7. The minimum atomic E-state index is -1.06. The van der Waals surface area contributed by atoms with Crippen molar-refractivity contribution < 1.29 is 29.3 Å². The average molecular weight is 503 g/mol. The van der Waals surface area contributed by atoms with Gasteiger partial charge in [0.2, 0.25) is 0 Å². The molecule has 2 rings (SSSR count). The summed E-state index contributed by atoms with van der Waals surface area (Å²) in [4.78, 5) is 23.4. The molecule has 3 N–H and O–H groups in total. The normalized spacial score (nSPS) is 12.7. The number of carbonyl (C=O) groups is 2. The van der Waals surface area contributed by atoms with Crippen molar-refractivity contribution in [1.29, 1.82) is 5.26 Å². The molecule has 168 valence electrons. The molecule has 0 fully saturated rings. The highest BCUT2D eigenvalue weighted by Gasteiger charge is 2.30. The van der Waals surface area contributed by atoms with Gasteiger partial charge in [-0.1, -0.05) is 22.0 Å². The maximum atomic E-state index is 12.6. The number of carbonyl (C=O) groups excluding carboxylic acids is 1. The molecular weight excluding hydrogens is 480 g/mol. The number of rotatable bonds is 10. The van der Waals surface area contributed by atoms with Gasteiger partial charge in [-0.05, 0) is 62.2 Å². The van der Waals surface area contributed by atoms with E-state index >= 15 is 0 Å². The molecule has 0 heterocycles. The quantitative estimate of drug-likeness (QED) is 0.383. The largest absolute Gasteiger partial charge is 0.508 e. The Kier molecular flexibility index (Phi) is 9.73. The smallest absolute Gasteiger partial charge is 0.412 e. The van der Waals surface area contributed by atoms with Crippen LogP contribution in [0.2, 0.25) is 0 Å². The fraction of sp³-hybridized carbons (Fsp3) is 0.261. The molecule has 9 heteroatoms. The van der Waals surface area contributed by atoms with E-state index in [1.807, 2.05) is 6.07 Å². The second-order valence-corrected chi connectivity index (χ2v) is 7.57. The summed E-state index contributed by atoms with van der Waals surface area (Å²) in [6.45, 7) is 2.11. The number of hydrogen-bond acceptors (Lipinski definition) is 6. The summed E-state index contributed by atoms with van der Waals surface area (Å²) in [5.41, 5.74) is 1.23. The molecule has 0 saturated carbocycles. The molecule has 8 nitrogen and oxygen atoms in total. The lowest BCUT2D eigenvalue weighted by Gasteiger charge is -2.28. The molecular formula is C23H23BrN2O6. The number of phenols is 1. The van der Waals surface area contributed by atoms with Crippen LogP contribution in [0.4, 0.5) is 10.5 Å². The Hall–Kier alpha value is -3.35. The lowest BCUT2D eigenvalue weighted by molar-refractivity contribution is -0.131. The van der Waals surface area contributed by atoms with Crippen molar-refractivity contribution in [3.05, 3.63) is 70.2 Å². The zero-order valence-electron chi connectivity index (χ0n) is 17.3. The van der Waals surface area contributed by atoms with Crippen LogP contribution >= 0.6 is 15.9 Å². The molecule has 2 atom stereocenters. The van der Waals surface area contributed by atoms with Crippen LogP contribution < -0.4 is 5.32 Å². The van der Waals surface area contributed by atoms with Gasteiger partial charge in [-0.25, -0.2) is 9.59 Å². The minimum absolute atomic E-state index is 0.0739. The second-order valence-electron chi connectivity index (χ2n) is 6.65. The third-order valence-corrected chi connectivity index (χ3v) is 4.88. The lowest BCUT2D eigenvalue weighted by atomic mass is 9.99. The Bertz CT molecular complexity index is 1000. The zero-order valence-corrected chi connectivity index (χ0v) is 18.9. The Morgan fingerprint density at radius 1 is 1.25 bits per heavy atom. The number of carboxylic acids is 1. The molecule has 0 aliphatic rings. The van der Waals surface area contributed by atoms with Crippen LogP contribution in [0.25, 0.3) is 0 Å². The molecule has 0 spiro atoms. The fourth-order valence-electron chi connectivity index (χ4n) is 2.96. The van der Waals surface area contributed by atoms with Gasteiger partial charge in [0.15, 0.2) is 6.10 Å². The highest BCUT2D eigenvalue weighted by atomic mass is 79.9. The van der Waals surface area contributed by atoms with Crippen molar-refractivity contribution >= 4 is 33.7 Å². The molecule has 2 aromatic rings.